The van der Waals surface area contributed by atoms with E-state index in [1.807, 2.05) is 13.8 Å². The lowest BCUT2D eigenvalue weighted by atomic mass is 10.5. The number of hydrogen-bond acceptors (Lipinski definition) is 3. The lowest BCUT2D eigenvalue weighted by Gasteiger charge is -2.07. The Balaban J connectivity index is 2.93. The SMILES string of the molecule is CC(C)OOP(C)N. The molecule has 0 saturated carbocycles. The Bertz CT molecular complexity index is 50.0. The lowest BCUT2D eigenvalue weighted by Crippen LogP contribution is -2.02. The van der Waals surface area contributed by atoms with E-state index in [1.54, 1.807) is 6.66 Å². The van der Waals surface area contributed by atoms with Crippen molar-refractivity contribution in [3.8, 4) is 0 Å². The molecule has 50 valence electrons. The minimum Gasteiger partial charge on any atom is -0.285 e. The first kappa shape index (κ1) is 8.31. The Hall–Kier alpha value is 0.310. The second-order valence-corrected chi connectivity index (χ2v) is 3.01. The van der Waals surface area contributed by atoms with Crippen molar-refractivity contribution in [1.29, 1.82) is 0 Å². The summed E-state index contributed by atoms with van der Waals surface area (Å²) in [4.78, 5) is 4.71. The molecule has 1 atom stereocenters. The first-order valence-electron chi connectivity index (χ1n) is 2.45. The fraction of sp³-hybridized carbons (Fsp3) is 1.00. The summed E-state index contributed by atoms with van der Waals surface area (Å²) in [6.07, 6.45) is 0.100. The molecule has 0 fully saturated rings. The average molecular weight is 137 g/mol. The summed E-state index contributed by atoms with van der Waals surface area (Å²) in [5.41, 5.74) is 5.26. The van der Waals surface area contributed by atoms with Crippen LogP contribution in [0.15, 0.2) is 0 Å². The molecule has 8 heavy (non-hydrogen) atoms. The lowest BCUT2D eigenvalue weighted by molar-refractivity contribution is -0.228. The molecular formula is C4H12NO2P. The summed E-state index contributed by atoms with van der Waals surface area (Å²) in [5, 5.41) is 0. The number of hydrogen-bond donors (Lipinski definition) is 1. The molecule has 0 aliphatic rings. The minimum atomic E-state index is -0.855. The van der Waals surface area contributed by atoms with Crippen molar-refractivity contribution in [3.05, 3.63) is 0 Å². The second-order valence-electron chi connectivity index (χ2n) is 1.77. The van der Waals surface area contributed by atoms with Crippen molar-refractivity contribution in [3.63, 3.8) is 0 Å². The molecule has 0 rings (SSSR count). The van der Waals surface area contributed by atoms with Gasteiger partial charge in [-0.2, -0.15) is 4.67 Å². The van der Waals surface area contributed by atoms with Crippen LogP contribution in [-0.4, -0.2) is 12.8 Å². The molecule has 3 nitrogen and oxygen atoms in total. The fourth-order valence-electron chi connectivity index (χ4n) is 0.154. The predicted molar refractivity (Wildman–Crippen MR) is 34.3 cm³/mol. The van der Waals surface area contributed by atoms with Crippen molar-refractivity contribution in [2.75, 3.05) is 6.66 Å². The quantitative estimate of drug-likeness (QED) is 0.361. The molecule has 0 bridgehead atoms. The molecule has 0 aliphatic heterocycles. The molecule has 0 aromatic rings. The summed E-state index contributed by atoms with van der Waals surface area (Å²) in [5.74, 6) is 0. The molecule has 0 aromatic carbocycles. The second kappa shape index (κ2) is 4.21. The van der Waals surface area contributed by atoms with Gasteiger partial charge in [0, 0.05) is 0 Å². The third-order valence-electron chi connectivity index (χ3n) is 0.353. The summed E-state index contributed by atoms with van der Waals surface area (Å²) in [7, 11) is -0.855. The topological polar surface area (TPSA) is 44.5 Å². The van der Waals surface area contributed by atoms with Crippen LogP contribution in [0.5, 0.6) is 0 Å². The van der Waals surface area contributed by atoms with Crippen LogP contribution in [0.1, 0.15) is 13.8 Å². The Morgan fingerprint density at radius 3 is 2.12 bits per heavy atom. The highest BCUT2D eigenvalue weighted by Crippen LogP contribution is 2.20. The molecule has 2 N–H and O–H groups in total. The molecule has 0 aromatic heterocycles. The van der Waals surface area contributed by atoms with Gasteiger partial charge >= 0.3 is 0 Å². The van der Waals surface area contributed by atoms with E-state index in [0.717, 1.165) is 0 Å². The standard InChI is InChI=1S/C4H12NO2P/c1-4(2)6-7-8(3)5/h4H,5H2,1-3H3. The van der Waals surface area contributed by atoms with Gasteiger partial charge < -0.3 is 0 Å². The van der Waals surface area contributed by atoms with Gasteiger partial charge in [0.25, 0.3) is 0 Å². The normalized spacial score (nSPS) is 14.6. The predicted octanol–water partition coefficient (Wildman–Crippen LogP) is 1.24. The third-order valence-corrected chi connectivity index (χ3v) is 0.674. The summed E-state index contributed by atoms with van der Waals surface area (Å²) < 4.78 is 4.65. The van der Waals surface area contributed by atoms with Gasteiger partial charge in [0.05, 0.1) is 6.10 Å². The van der Waals surface area contributed by atoms with Gasteiger partial charge in [-0.3, -0.25) is 5.50 Å². The van der Waals surface area contributed by atoms with Crippen LogP contribution in [0.3, 0.4) is 0 Å². The molecule has 0 saturated heterocycles. The Morgan fingerprint density at radius 1 is 1.50 bits per heavy atom. The van der Waals surface area contributed by atoms with Crippen LogP contribution in [0.25, 0.3) is 0 Å². The van der Waals surface area contributed by atoms with E-state index in [4.69, 9.17) is 10.4 Å². The van der Waals surface area contributed by atoms with Crippen LogP contribution in [-0.2, 0) is 9.56 Å². The summed E-state index contributed by atoms with van der Waals surface area (Å²) >= 11 is 0. The van der Waals surface area contributed by atoms with Gasteiger partial charge in [-0.25, -0.2) is 4.89 Å². The van der Waals surface area contributed by atoms with Crippen LogP contribution >= 0.6 is 8.30 Å². The summed E-state index contributed by atoms with van der Waals surface area (Å²) in [6, 6.07) is 0. The highest BCUT2D eigenvalue weighted by molar-refractivity contribution is 7.48. The minimum absolute atomic E-state index is 0.100. The molecular weight excluding hydrogens is 125 g/mol. The van der Waals surface area contributed by atoms with Gasteiger partial charge in [-0.15, -0.1) is 0 Å². The first-order chi connectivity index (χ1) is 3.63. The van der Waals surface area contributed by atoms with Gasteiger partial charge in [0.15, 0.2) is 0 Å². The average Bonchev–Trinajstić information content (AvgIpc) is 1.61. The zero-order chi connectivity index (χ0) is 6.57. The first-order valence-corrected chi connectivity index (χ1v) is 4.22. The van der Waals surface area contributed by atoms with Gasteiger partial charge in [-0.1, -0.05) is 0 Å². The largest absolute Gasteiger partial charge is 0.285 e. The molecule has 0 spiro atoms. The maximum absolute atomic E-state index is 5.26. The van der Waals surface area contributed by atoms with E-state index in [-0.39, 0.29) is 6.10 Å². The molecule has 0 heterocycles. The smallest absolute Gasteiger partial charge is 0.137 e. The van der Waals surface area contributed by atoms with Crippen LogP contribution in [0, 0.1) is 0 Å². The molecule has 0 amide bonds. The monoisotopic (exact) mass is 137 g/mol. The van der Waals surface area contributed by atoms with E-state index in [9.17, 15) is 0 Å². The maximum Gasteiger partial charge on any atom is 0.137 e. The van der Waals surface area contributed by atoms with Gasteiger partial charge in [-0.05, 0) is 20.5 Å². The number of rotatable bonds is 3. The Labute approximate surface area is 51.0 Å². The van der Waals surface area contributed by atoms with Crippen LogP contribution in [0.4, 0.5) is 0 Å². The van der Waals surface area contributed by atoms with Crippen molar-refractivity contribution in [2.24, 2.45) is 5.50 Å². The summed E-state index contributed by atoms with van der Waals surface area (Å²) in [6.45, 7) is 5.55. The molecule has 0 radical (unpaired) electrons. The molecule has 0 aliphatic carbocycles. The zero-order valence-electron chi connectivity index (χ0n) is 5.42. The zero-order valence-corrected chi connectivity index (χ0v) is 6.31. The van der Waals surface area contributed by atoms with E-state index in [0.29, 0.717) is 0 Å². The van der Waals surface area contributed by atoms with E-state index in [1.165, 1.54) is 0 Å². The Kier molecular flexibility index (Phi) is 4.38. The maximum atomic E-state index is 5.26. The fourth-order valence-corrected chi connectivity index (χ4v) is 0.462. The van der Waals surface area contributed by atoms with Gasteiger partial charge in [0.2, 0.25) is 0 Å². The van der Waals surface area contributed by atoms with E-state index < -0.39 is 8.30 Å². The molecule has 1 unspecified atom stereocenters. The molecule has 4 heteroatoms. The van der Waals surface area contributed by atoms with E-state index in [2.05, 4.69) is 4.67 Å². The van der Waals surface area contributed by atoms with Crippen molar-refractivity contribution in [2.45, 2.75) is 20.0 Å². The van der Waals surface area contributed by atoms with Gasteiger partial charge in [0.1, 0.15) is 8.30 Å². The highest BCUT2D eigenvalue weighted by Gasteiger charge is 1.96. The van der Waals surface area contributed by atoms with E-state index >= 15 is 0 Å². The van der Waals surface area contributed by atoms with Crippen molar-refractivity contribution >= 4 is 8.30 Å². The van der Waals surface area contributed by atoms with Crippen LogP contribution in [0.2, 0.25) is 0 Å². The van der Waals surface area contributed by atoms with Crippen molar-refractivity contribution < 1.29 is 9.56 Å². The third kappa shape index (κ3) is 6.31. The van der Waals surface area contributed by atoms with Crippen LogP contribution < -0.4 is 5.50 Å². The Morgan fingerprint density at radius 2 is 2.00 bits per heavy atom. The highest BCUT2D eigenvalue weighted by atomic mass is 31.2. The van der Waals surface area contributed by atoms with Crippen molar-refractivity contribution in [1.82, 2.24) is 0 Å². The number of nitrogens with two attached hydrogens (primary N) is 1.